The number of H-pyrrole nitrogens is 2. The van der Waals surface area contributed by atoms with Gasteiger partial charge in [0.2, 0.25) is 0 Å². The standard InChI is InChI=1S/C9H5ClN4O.C9H6ClNO2/c10-5-1-2-8-6(3-5)7(4-12-8)9(15)13-14-11;10-5-1-2-8-6(3-5)7(4-11-8)9(12)13/h1-4,12H;1-4,11H,(H,12,13). The minimum atomic E-state index is -0.950. The Bertz CT molecular complexity index is 1250. The number of rotatable bonds is 2. The number of nitrogens with one attached hydrogen (secondary N) is 2. The van der Waals surface area contributed by atoms with E-state index in [1.807, 2.05) is 0 Å². The number of hydrogen-bond donors (Lipinski definition) is 3. The maximum absolute atomic E-state index is 11.3. The first kappa shape index (κ1) is 19.3. The maximum Gasteiger partial charge on any atom is 0.337 e. The van der Waals surface area contributed by atoms with E-state index in [-0.39, 0.29) is 5.56 Å². The van der Waals surface area contributed by atoms with Gasteiger partial charge in [-0.15, -0.1) is 0 Å². The summed E-state index contributed by atoms with van der Waals surface area (Å²) in [6.45, 7) is 0. The second-order valence-electron chi connectivity index (χ2n) is 5.58. The van der Waals surface area contributed by atoms with Gasteiger partial charge in [-0.1, -0.05) is 23.2 Å². The molecule has 2 aromatic carbocycles. The molecular formula is C18H11Cl2N5O3. The number of hydrogen-bond acceptors (Lipinski definition) is 2. The monoisotopic (exact) mass is 415 g/mol. The highest BCUT2D eigenvalue weighted by Crippen LogP contribution is 2.23. The van der Waals surface area contributed by atoms with Crippen LogP contribution in [-0.4, -0.2) is 27.0 Å². The minimum Gasteiger partial charge on any atom is -0.478 e. The van der Waals surface area contributed by atoms with Crippen LogP contribution < -0.4 is 0 Å². The summed E-state index contributed by atoms with van der Waals surface area (Å²) in [5.74, 6) is -1.57. The van der Waals surface area contributed by atoms with Crippen LogP contribution in [0, 0.1) is 0 Å². The quantitative estimate of drug-likeness (QED) is 0.217. The van der Waals surface area contributed by atoms with Crippen molar-refractivity contribution in [3.8, 4) is 0 Å². The van der Waals surface area contributed by atoms with Gasteiger partial charge in [0.15, 0.2) is 0 Å². The number of carboxylic acids is 1. The Morgan fingerprint density at radius 1 is 0.929 bits per heavy atom. The highest BCUT2D eigenvalue weighted by molar-refractivity contribution is 6.32. The third-order valence-corrected chi connectivity index (χ3v) is 4.35. The number of carboxylic acid groups (broad SMARTS) is 1. The molecule has 2 heterocycles. The van der Waals surface area contributed by atoms with E-state index < -0.39 is 11.9 Å². The molecule has 8 nitrogen and oxygen atoms in total. The number of halogens is 2. The molecule has 0 aliphatic carbocycles. The summed E-state index contributed by atoms with van der Waals surface area (Å²) in [6.07, 6.45) is 2.96. The molecule has 3 N–H and O–H groups in total. The molecule has 0 saturated heterocycles. The number of aromatic amines is 2. The van der Waals surface area contributed by atoms with Crippen molar-refractivity contribution in [3.63, 3.8) is 0 Å². The normalized spacial score (nSPS) is 10.2. The number of aromatic nitrogens is 2. The van der Waals surface area contributed by atoms with Crippen molar-refractivity contribution in [1.29, 1.82) is 0 Å². The number of carbonyl (C=O) groups excluding carboxylic acids is 1. The summed E-state index contributed by atoms with van der Waals surface area (Å²) in [4.78, 5) is 30.3. The molecule has 0 fully saturated rings. The first-order valence-corrected chi connectivity index (χ1v) is 8.52. The van der Waals surface area contributed by atoms with E-state index in [0.29, 0.717) is 26.4 Å². The molecule has 2 aromatic heterocycles. The van der Waals surface area contributed by atoms with Crippen molar-refractivity contribution < 1.29 is 14.7 Å². The number of fused-ring (bicyclic) bond motifs is 2. The van der Waals surface area contributed by atoms with Crippen LogP contribution in [0.1, 0.15) is 20.7 Å². The SMILES string of the molecule is O=C(O)c1c[nH]c2ccc(Cl)cc12.[N-]=[N+]=NC(=O)c1c[nH]c2ccc(Cl)cc12. The van der Waals surface area contributed by atoms with E-state index in [1.54, 1.807) is 36.4 Å². The number of aromatic carboxylic acids is 1. The lowest BCUT2D eigenvalue weighted by Gasteiger charge is -1.93. The van der Waals surface area contributed by atoms with E-state index in [2.05, 4.69) is 20.0 Å². The predicted octanol–water partition coefficient (Wildman–Crippen LogP) is 5.79. The molecule has 0 saturated carbocycles. The molecule has 0 radical (unpaired) electrons. The van der Waals surface area contributed by atoms with Gasteiger partial charge in [-0.25, -0.2) is 4.79 Å². The summed E-state index contributed by atoms with van der Waals surface area (Å²) in [5.41, 5.74) is 10.3. The Balaban J connectivity index is 0.000000162. The van der Waals surface area contributed by atoms with Gasteiger partial charge >= 0.3 is 5.97 Å². The van der Waals surface area contributed by atoms with Gasteiger partial charge in [-0.05, 0) is 47.0 Å². The largest absolute Gasteiger partial charge is 0.478 e. The van der Waals surface area contributed by atoms with Crippen molar-refractivity contribution in [1.82, 2.24) is 9.97 Å². The van der Waals surface area contributed by atoms with Crippen LogP contribution >= 0.6 is 23.2 Å². The van der Waals surface area contributed by atoms with Gasteiger partial charge in [-0.3, -0.25) is 4.79 Å². The Kier molecular flexibility index (Phi) is 5.56. The molecule has 10 heteroatoms. The fraction of sp³-hybridized carbons (Fsp3) is 0. The average molecular weight is 416 g/mol. The molecule has 4 rings (SSSR count). The molecule has 0 atom stereocenters. The Labute approximate surface area is 167 Å². The zero-order chi connectivity index (χ0) is 20.3. The van der Waals surface area contributed by atoms with Crippen LogP contribution in [0.25, 0.3) is 32.2 Å². The molecular weight excluding hydrogens is 405 g/mol. The number of nitrogens with zero attached hydrogens (tertiary/aromatic N) is 3. The van der Waals surface area contributed by atoms with Gasteiger partial charge in [0, 0.05) is 54.7 Å². The van der Waals surface area contributed by atoms with Gasteiger partial charge in [0.05, 0.1) is 5.56 Å². The van der Waals surface area contributed by atoms with E-state index in [9.17, 15) is 9.59 Å². The van der Waals surface area contributed by atoms with Crippen molar-refractivity contribution >= 4 is 56.9 Å². The zero-order valence-electron chi connectivity index (χ0n) is 14.0. The van der Waals surface area contributed by atoms with E-state index >= 15 is 0 Å². The van der Waals surface area contributed by atoms with Crippen molar-refractivity contribution in [2.24, 2.45) is 5.11 Å². The second kappa shape index (κ2) is 8.06. The number of benzene rings is 2. The van der Waals surface area contributed by atoms with Crippen LogP contribution in [0.5, 0.6) is 0 Å². The molecule has 0 spiro atoms. The highest BCUT2D eigenvalue weighted by atomic mass is 35.5. The minimum absolute atomic E-state index is 0.248. The van der Waals surface area contributed by atoms with E-state index in [4.69, 9.17) is 33.8 Å². The summed E-state index contributed by atoms with van der Waals surface area (Å²) >= 11 is 11.5. The van der Waals surface area contributed by atoms with Gasteiger partial charge in [0.1, 0.15) is 0 Å². The van der Waals surface area contributed by atoms with Gasteiger partial charge in [-0.2, -0.15) is 0 Å². The Hall–Kier alpha value is -3.45. The predicted molar refractivity (Wildman–Crippen MR) is 107 cm³/mol. The van der Waals surface area contributed by atoms with Crippen LogP contribution in [-0.2, 0) is 0 Å². The number of carbonyl (C=O) groups is 2. The average Bonchev–Trinajstić information content (AvgIpc) is 3.25. The summed E-state index contributed by atoms with van der Waals surface area (Å²) in [6, 6.07) is 10.2. The molecule has 140 valence electrons. The molecule has 0 unspecified atom stereocenters. The fourth-order valence-electron chi connectivity index (χ4n) is 2.63. The van der Waals surface area contributed by atoms with E-state index in [1.165, 1.54) is 12.4 Å². The van der Waals surface area contributed by atoms with Crippen molar-refractivity contribution in [2.45, 2.75) is 0 Å². The Morgan fingerprint density at radius 3 is 1.93 bits per heavy atom. The van der Waals surface area contributed by atoms with Gasteiger partial charge in [0.25, 0.3) is 5.91 Å². The van der Waals surface area contributed by atoms with Crippen LogP contribution in [0.2, 0.25) is 10.0 Å². The molecule has 1 amide bonds. The topological polar surface area (TPSA) is 135 Å². The lowest BCUT2D eigenvalue weighted by atomic mass is 10.2. The maximum atomic E-state index is 11.3. The molecule has 28 heavy (non-hydrogen) atoms. The molecule has 0 bridgehead atoms. The molecule has 4 aromatic rings. The van der Waals surface area contributed by atoms with Crippen LogP contribution in [0.4, 0.5) is 0 Å². The first-order valence-electron chi connectivity index (χ1n) is 7.76. The van der Waals surface area contributed by atoms with Gasteiger partial charge < -0.3 is 15.1 Å². The smallest absolute Gasteiger partial charge is 0.337 e. The lowest BCUT2D eigenvalue weighted by Crippen LogP contribution is -1.93. The summed E-state index contributed by atoms with van der Waals surface area (Å²) in [7, 11) is 0. The second-order valence-corrected chi connectivity index (χ2v) is 6.46. The fourth-order valence-corrected chi connectivity index (χ4v) is 2.98. The summed E-state index contributed by atoms with van der Waals surface area (Å²) in [5, 5.41) is 14.2. The third kappa shape index (κ3) is 3.94. The summed E-state index contributed by atoms with van der Waals surface area (Å²) < 4.78 is 0. The molecule has 0 aliphatic heterocycles. The van der Waals surface area contributed by atoms with Crippen molar-refractivity contribution in [2.75, 3.05) is 0 Å². The molecule has 0 aliphatic rings. The lowest BCUT2D eigenvalue weighted by molar-refractivity contribution is 0.0699. The number of amides is 1. The number of azide groups is 1. The highest BCUT2D eigenvalue weighted by Gasteiger charge is 2.11. The zero-order valence-corrected chi connectivity index (χ0v) is 15.5. The van der Waals surface area contributed by atoms with E-state index in [0.717, 1.165) is 11.0 Å². The third-order valence-electron chi connectivity index (χ3n) is 3.88. The van der Waals surface area contributed by atoms with Crippen molar-refractivity contribution in [3.05, 3.63) is 80.4 Å². The first-order chi connectivity index (χ1) is 13.4. The Morgan fingerprint density at radius 2 is 1.43 bits per heavy atom. The van der Waals surface area contributed by atoms with Crippen LogP contribution in [0.3, 0.4) is 0 Å². The van der Waals surface area contributed by atoms with Crippen LogP contribution in [0.15, 0.2) is 53.9 Å².